The average molecular weight is 228 g/mol. The first-order valence-corrected chi connectivity index (χ1v) is 6.07. The molecule has 0 unspecified atom stereocenters. The predicted molar refractivity (Wildman–Crippen MR) is 58.8 cm³/mol. The van der Waals surface area contributed by atoms with Crippen LogP contribution in [0.2, 0.25) is 0 Å². The van der Waals surface area contributed by atoms with Crippen LogP contribution >= 0.6 is 11.8 Å². The number of halogens is 1. The standard InChI is InChI=1S/C11H13FO2S/c12-9-7-8(4-5-10(9)13)14-11-3-1-2-6-15-11/h4-5,7,11,13H,1-3,6H2/t11-/m1/s1. The minimum atomic E-state index is -0.631. The predicted octanol–water partition coefficient (Wildman–Crippen LogP) is 3.15. The molecule has 2 nitrogen and oxygen atoms in total. The Morgan fingerprint density at radius 2 is 2.27 bits per heavy atom. The maximum absolute atomic E-state index is 13.0. The summed E-state index contributed by atoms with van der Waals surface area (Å²) in [6, 6.07) is 4.14. The van der Waals surface area contributed by atoms with Gasteiger partial charge in [0, 0.05) is 6.07 Å². The first-order valence-electron chi connectivity index (χ1n) is 5.02. The van der Waals surface area contributed by atoms with Crippen molar-refractivity contribution >= 4 is 11.8 Å². The van der Waals surface area contributed by atoms with Crippen LogP contribution in [0.25, 0.3) is 0 Å². The van der Waals surface area contributed by atoms with Crippen LogP contribution in [0.1, 0.15) is 19.3 Å². The van der Waals surface area contributed by atoms with Crippen LogP contribution in [0.5, 0.6) is 11.5 Å². The van der Waals surface area contributed by atoms with Crippen molar-refractivity contribution < 1.29 is 14.2 Å². The number of aromatic hydroxyl groups is 1. The lowest BCUT2D eigenvalue weighted by molar-refractivity contribution is 0.266. The van der Waals surface area contributed by atoms with Crippen molar-refractivity contribution in [2.45, 2.75) is 24.7 Å². The monoisotopic (exact) mass is 228 g/mol. The summed E-state index contributed by atoms with van der Waals surface area (Å²) < 4.78 is 18.6. The number of ether oxygens (including phenoxy) is 1. The van der Waals surface area contributed by atoms with E-state index in [0.717, 1.165) is 18.6 Å². The third kappa shape index (κ3) is 2.78. The summed E-state index contributed by atoms with van der Waals surface area (Å²) in [5.74, 6) is 0.627. The summed E-state index contributed by atoms with van der Waals surface area (Å²) in [4.78, 5) is 0. The van der Waals surface area contributed by atoms with Gasteiger partial charge in [0.15, 0.2) is 11.6 Å². The summed E-state index contributed by atoms with van der Waals surface area (Å²) in [6.45, 7) is 0. The Morgan fingerprint density at radius 1 is 1.40 bits per heavy atom. The summed E-state index contributed by atoms with van der Waals surface area (Å²) in [7, 11) is 0. The first-order chi connectivity index (χ1) is 7.25. The second-order valence-corrected chi connectivity index (χ2v) is 4.79. The highest BCUT2D eigenvalue weighted by Crippen LogP contribution is 2.29. The molecule has 0 radical (unpaired) electrons. The number of hydrogen-bond donors (Lipinski definition) is 1. The molecule has 15 heavy (non-hydrogen) atoms. The minimum Gasteiger partial charge on any atom is -0.505 e. The van der Waals surface area contributed by atoms with Crippen molar-refractivity contribution in [3.63, 3.8) is 0 Å². The molecule has 0 aliphatic carbocycles. The van der Waals surface area contributed by atoms with Gasteiger partial charge in [-0.1, -0.05) is 0 Å². The molecule has 1 fully saturated rings. The van der Waals surface area contributed by atoms with Crippen LogP contribution in [0.4, 0.5) is 4.39 Å². The highest BCUT2D eigenvalue weighted by atomic mass is 32.2. The Hall–Kier alpha value is -0.900. The normalized spacial score (nSPS) is 21.3. The number of benzene rings is 1. The largest absolute Gasteiger partial charge is 0.505 e. The molecule has 1 aliphatic heterocycles. The third-order valence-corrected chi connectivity index (χ3v) is 3.55. The topological polar surface area (TPSA) is 29.5 Å². The fraction of sp³-hybridized carbons (Fsp3) is 0.455. The van der Waals surface area contributed by atoms with Crippen LogP contribution < -0.4 is 4.74 Å². The minimum absolute atomic E-state index is 0.127. The van der Waals surface area contributed by atoms with E-state index >= 15 is 0 Å². The Kier molecular flexibility index (Phi) is 3.36. The zero-order chi connectivity index (χ0) is 10.7. The molecule has 2 rings (SSSR count). The molecule has 0 aromatic heterocycles. The van der Waals surface area contributed by atoms with Crippen LogP contribution in [0, 0.1) is 5.82 Å². The number of hydrogen-bond acceptors (Lipinski definition) is 3. The number of thioether (sulfide) groups is 1. The van der Waals surface area contributed by atoms with Gasteiger partial charge < -0.3 is 9.84 Å². The van der Waals surface area contributed by atoms with E-state index in [9.17, 15) is 4.39 Å². The summed E-state index contributed by atoms with van der Waals surface area (Å²) in [6.07, 6.45) is 3.40. The lowest BCUT2D eigenvalue weighted by Crippen LogP contribution is -2.16. The van der Waals surface area contributed by atoms with Gasteiger partial charge in [-0.05, 0) is 37.1 Å². The number of rotatable bonds is 2. The highest BCUT2D eigenvalue weighted by Gasteiger charge is 2.15. The van der Waals surface area contributed by atoms with Gasteiger partial charge in [-0.25, -0.2) is 4.39 Å². The molecule has 0 amide bonds. The molecule has 0 bridgehead atoms. The van der Waals surface area contributed by atoms with E-state index in [0.29, 0.717) is 5.75 Å². The van der Waals surface area contributed by atoms with Gasteiger partial charge in [0.05, 0.1) is 0 Å². The average Bonchev–Trinajstić information content (AvgIpc) is 2.25. The Bertz CT molecular complexity index is 337. The molecule has 1 atom stereocenters. The molecule has 82 valence electrons. The van der Waals surface area contributed by atoms with Gasteiger partial charge in [0.25, 0.3) is 0 Å². The van der Waals surface area contributed by atoms with E-state index in [1.54, 1.807) is 17.8 Å². The third-order valence-electron chi connectivity index (χ3n) is 2.32. The Balaban J connectivity index is 2.00. The van der Waals surface area contributed by atoms with Crippen LogP contribution in [-0.2, 0) is 0 Å². The molecular weight excluding hydrogens is 215 g/mol. The molecular formula is C11H13FO2S. The van der Waals surface area contributed by atoms with E-state index in [1.807, 2.05) is 0 Å². The van der Waals surface area contributed by atoms with Crippen molar-refractivity contribution in [2.75, 3.05) is 5.75 Å². The van der Waals surface area contributed by atoms with Crippen molar-refractivity contribution in [1.29, 1.82) is 0 Å². The van der Waals surface area contributed by atoms with Crippen molar-refractivity contribution in [3.8, 4) is 11.5 Å². The molecule has 4 heteroatoms. The molecule has 1 aromatic rings. The van der Waals surface area contributed by atoms with Gasteiger partial charge in [-0.2, -0.15) is 0 Å². The van der Waals surface area contributed by atoms with E-state index in [1.165, 1.54) is 18.6 Å². The summed E-state index contributed by atoms with van der Waals surface area (Å²) in [5.41, 5.74) is 0.127. The fourth-order valence-corrected chi connectivity index (χ4v) is 2.66. The molecule has 0 spiro atoms. The van der Waals surface area contributed by atoms with Crippen molar-refractivity contribution in [2.24, 2.45) is 0 Å². The maximum atomic E-state index is 13.0. The van der Waals surface area contributed by atoms with Crippen LogP contribution in [-0.4, -0.2) is 16.3 Å². The lowest BCUT2D eigenvalue weighted by atomic mass is 10.2. The van der Waals surface area contributed by atoms with Gasteiger partial charge >= 0.3 is 0 Å². The van der Waals surface area contributed by atoms with E-state index in [-0.39, 0.29) is 11.2 Å². The van der Waals surface area contributed by atoms with Gasteiger partial charge in [0.2, 0.25) is 0 Å². The van der Waals surface area contributed by atoms with Crippen LogP contribution in [0.3, 0.4) is 0 Å². The van der Waals surface area contributed by atoms with Crippen molar-refractivity contribution in [3.05, 3.63) is 24.0 Å². The smallest absolute Gasteiger partial charge is 0.168 e. The second-order valence-electron chi connectivity index (χ2n) is 3.53. The molecule has 1 aromatic carbocycles. The fourth-order valence-electron chi connectivity index (χ4n) is 1.52. The summed E-state index contributed by atoms with van der Waals surface area (Å²) >= 11 is 1.76. The number of phenolic OH excluding ortho intramolecular Hbond substituents is 1. The Labute approximate surface area is 92.4 Å². The molecule has 0 saturated carbocycles. The SMILES string of the molecule is Oc1ccc(O[C@H]2CCCCS2)cc1F. The maximum Gasteiger partial charge on any atom is 0.168 e. The van der Waals surface area contributed by atoms with Gasteiger partial charge in [-0.3, -0.25) is 0 Å². The van der Waals surface area contributed by atoms with Gasteiger partial charge in [0.1, 0.15) is 11.2 Å². The van der Waals surface area contributed by atoms with Crippen molar-refractivity contribution in [1.82, 2.24) is 0 Å². The Morgan fingerprint density at radius 3 is 2.93 bits per heavy atom. The molecule has 1 heterocycles. The van der Waals surface area contributed by atoms with E-state index in [2.05, 4.69) is 0 Å². The highest BCUT2D eigenvalue weighted by molar-refractivity contribution is 7.99. The quantitative estimate of drug-likeness (QED) is 0.843. The zero-order valence-corrected chi connectivity index (χ0v) is 9.10. The first kappa shape index (κ1) is 10.6. The lowest BCUT2D eigenvalue weighted by Gasteiger charge is -2.22. The molecule has 1 aliphatic rings. The van der Waals surface area contributed by atoms with Crippen LogP contribution in [0.15, 0.2) is 18.2 Å². The second kappa shape index (κ2) is 4.75. The van der Waals surface area contributed by atoms with Gasteiger partial charge in [-0.15, -0.1) is 11.8 Å². The molecule has 1 saturated heterocycles. The van der Waals surface area contributed by atoms with E-state index in [4.69, 9.17) is 9.84 Å². The van der Waals surface area contributed by atoms with E-state index < -0.39 is 5.82 Å². The summed E-state index contributed by atoms with van der Waals surface area (Å²) in [5, 5.41) is 9.01. The zero-order valence-electron chi connectivity index (χ0n) is 8.28. The number of phenols is 1. The molecule has 1 N–H and O–H groups in total.